The normalized spacial score (nSPS) is 14.0. The van der Waals surface area contributed by atoms with Gasteiger partial charge >= 0.3 is 5.97 Å². The molecule has 0 aromatic carbocycles. The molecule has 0 spiro atoms. The number of hydrogen-bond donors (Lipinski definition) is 0. The van der Waals surface area contributed by atoms with Gasteiger partial charge in [0.05, 0.1) is 8.07 Å². The van der Waals surface area contributed by atoms with Crippen molar-refractivity contribution in [3.05, 3.63) is 23.1 Å². The van der Waals surface area contributed by atoms with Gasteiger partial charge in [0.2, 0.25) is 0 Å². The Bertz CT molecular complexity index is 333. The van der Waals surface area contributed by atoms with Gasteiger partial charge in [0, 0.05) is 6.92 Å². The Hall–Kier alpha value is -0.833. The van der Waals surface area contributed by atoms with E-state index in [1.807, 2.05) is 6.08 Å². The molecule has 0 fully saturated rings. The average molecular weight is 268 g/mol. The van der Waals surface area contributed by atoms with Crippen LogP contribution in [0.25, 0.3) is 0 Å². The summed E-state index contributed by atoms with van der Waals surface area (Å²) < 4.78 is 5.38. The molecule has 3 heteroatoms. The number of ether oxygens (including phenoxy) is 1. The lowest BCUT2D eigenvalue weighted by Gasteiger charge is -2.14. The summed E-state index contributed by atoms with van der Waals surface area (Å²) in [6, 6.07) is 0. The van der Waals surface area contributed by atoms with E-state index in [-0.39, 0.29) is 5.97 Å². The summed E-state index contributed by atoms with van der Waals surface area (Å²) in [5.74, 6) is 1.10. The monoisotopic (exact) mass is 268 g/mol. The van der Waals surface area contributed by atoms with Crippen molar-refractivity contribution in [1.82, 2.24) is 0 Å². The molecule has 0 atom stereocenters. The number of rotatable bonds is 6. The Labute approximate surface area is 113 Å². The molecule has 0 radical (unpaired) electrons. The van der Waals surface area contributed by atoms with Gasteiger partial charge in [-0.05, 0) is 30.4 Å². The summed E-state index contributed by atoms with van der Waals surface area (Å²) in [6.45, 7) is 14.7. The minimum absolute atomic E-state index is 0.236. The Morgan fingerprint density at radius 1 is 1.28 bits per heavy atom. The molecule has 0 rings (SSSR count). The number of hydrogen-bond acceptors (Lipinski definition) is 2. The van der Waals surface area contributed by atoms with Crippen molar-refractivity contribution in [3.63, 3.8) is 0 Å². The van der Waals surface area contributed by atoms with E-state index in [0.29, 0.717) is 5.92 Å². The lowest BCUT2D eigenvalue weighted by molar-refractivity contribution is -0.136. The number of esters is 1. The smallest absolute Gasteiger partial charge is 0.308 e. The van der Waals surface area contributed by atoms with E-state index >= 15 is 0 Å². The highest BCUT2D eigenvalue weighted by Gasteiger charge is 2.12. The van der Waals surface area contributed by atoms with Crippen LogP contribution >= 0.6 is 0 Å². The van der Waals surface area contributed by atoms with E-state index in [2.05, 4.69) is 46.1 Å². The summed E-state index contributed by atoms with van der Waals surface area (Å²) in [5.41, 5.74) is 3.45. The van der Waals surface area contributed by atoms with Gasteiger partial charge in [-0.1, -0.05) is 46.1 Å². The maximum absolute atomic E-state index is 11.2. The van der Waals surface area contributed by atoms with Crippen molar-refractivity contribution in [3.8, 4) is 0 Å². The first-order valence-electron chi connectivity index (χ1n) is 6.75. The van der Waals surface area contributed by atoms with Crippen molar-refractivity contribution < 1.29 is 9.53 Å². The second-order valence-electron chi connectivity index (χ2n) is 6.21. The molecule has 0 aliphatic rings. The molecule has 0 aromatic rings. The van der Waals surface area contributed by atoms with E-state index in [0.717, 1.165) is 18.6 Å². The topological polar surface area (TPSA) is 26.3 Å². The predicted octanol–water partition coefficient (Wildman–Crippen LogP) is 4.69. The number of carbonyl (C=O) groups excluding carboxylic acids is 1. The first kappa shape index (κ1) is 17.2. The van der Waals surface area contributed by atoms with Gasteiger partial charge in [-0.3, -0.25) is 4.79 Å². The van der Waals surface area contributed by atoms with Gasteiger partial charge in [0.25, 0.3) is 0 Å². The van der Waals surface area contributed by atoms with Crippen molar-refractivity contribution in [2.75, 3.05) is 0 Å². The summed E-state index contributed by atoms with van der Waals surface area (Å²) in [4.78, 5) is 11.2. The second kappa shape index (κ2) is 7.57. The molecule has 0 aliphatic carbocycles. The second-order valence-corrected chi connectivity index (χ2v) is 11.3. The SMILES string of the molecule is CC/C(CC(C)C)=C(\C=C/[Si](C)(C)C)OC(C)=O. The molecule has 0 unspecified atom stereocenters. The fraction of sp³-hybridized carbons (Fsp3) is 0.667. The third-order valence-corrected chi connectivity index (χ3v) is 3.58. The lowest BCUT2D eigenvalue weighted by Crippen LogP contribution is -2.16. The molecule has 2 nitrogen and oxygen atoms in total. The zero-order chi connectivity index (χ0) is 14.3. The molecule has 0 aromatic heterocycles. The fourth-order valence-electron chi connectivity index (χ4n) is 1.62. The summed E-state index contributed by atoms with van der Waals surface area (Å²) in [7, 11) is -1.28. The summed E-state index contributed by atoms with van der Waals surface area (Å²) in [5, 5.41) is 0. The van der Waals surface area contributed by atoms with Crippen molar-refractivity contribution in [2.45, 2.75) is 60.2 Å². The number of carbonyl (C=O) groups is 1. The Kier molecular flexibility index (Phi) is 7.22. The van der Waals surface area contributed by atoms with E-state index < -0.39 is 8.07 Å². The van der Waals surface area contributed by atoms with Gasteiger partial charge in [0.15, 0.2) is 0 Å². The average Bonchev–Trinajstić information content (AvgIpc) is 2.19. The molecular formula is C15H28O2Si. The zero-order valence-electron chi connectivity index (χ0n) is 13.0. The van der Waals surface area contributed by atoms with Crippen LogP contribution in [0.1, 0.15) is 40.5 Å². The van der Waals surface area contributed by atoms with E-state index in [9.17, 15) is 4.79 Å². The molecule has 0 aliphatic heterocycles. The molecule has 0 amide bonds. The van der Waals surface area contributed by atoms with Crippen LogP contribution in [-0.2, 0) is 9.53 Å². The first-order chi connectivity index (χ1) is 8.15. The highest BCUT2D eigenvalue weighted by molar-refractivity contribution is 6.81. The predicted molar refractivity (Wildman–Crippen MR) is 81.0 cm³/mol. The molecule has 104 valence electrons. The van der Waals surface area contributed by atoms with Gasteiger partial charge < -0.3 is 4.74 Å². The molecule has 18 heavy (non-hydrogen) atoms. The van der Waals surface area contributed by atoms with Crippen LogP contribution in [0, 0.1) is 5.92 Å². The Morgan fingerprint density at radius 3 is 2.17 bits per heavy atom. The highest BCUT2D eigenvalue weighted by atomic mass is 28.3. The molecule has 0 N–H and O–H groups in total. The lowest BCUT2D eigenvalue weighted by atomic mass is 10.00. The van der Waals surface area contributed by atoms with Crippen LogP contribution in [0.3, 0.4) is 0 Å². The largest absolute Gasteiger partial charge is 0.427 e. The minimum atomic E-state index is -1.28. The first-order valence-corrected chi connectivity index (χ1v) is 10.3. The van der Waals surface area contributed by atoms with Crippen LogP contribution in [0.15, 0.2) is 23.1 Å². The molecule has 0 heterocycles. The van der Waals surface area contributed by atoms with Crippen LogP contribution in [0.5, 0.6) is 0 Å². The maximum Gasteiger partial charge on any atom is 0.308 e. The Morgan fingerprint density at radius 2 is 1.83 bits per heavy atom. The summed E-state index contributed by atoms with van der Waals surface area (Å²) >= 11 is 0. The van der Waals surface area contributed by atoms with E-state index in [1.54, 1.807) is 0 Å². The summed E-state index contributed by atoms with van der Waals surface area (Å²) in [6.07, 6.45) is 3.92. The van der Waals surface area contributed by atoms with Crippen molar-refractivity contribution in [2.24, 2.45) is 5.92 Å². The van der Waals surface area contributed by atoms with Crippen LogP contribution in [-0.4, -0.2) is 14.0 Å². The van der Waals surface area contributed by atoms with Gasteiger partial charge in [-0.15, -0.1) is 0 Å². The van der Waals surface area contributed by atoms with Crippen molar-refractivity contribution >= 4 is 14.0 Å². The van der Waals surface area contributed by atoms with Crippen molar-refractivity contribution in [1.29, 1.82) is 0 Å². The van der Waals surface area contributed by atoms with Gasteiger partial charge in [-0.2, -0.15) is 0 Å². The Balaban J connectivity index is 5.22. The fourth-order valence-corrected chi connectivity index (χ4v) is 2.27. The van der Waals surface area contributed by atoms with E-state index in [1.165, 1.54) is 12.5 Å². The molecule has 0 saturated carbocycles. The van der Waals surface area contributed by atoms with Crippen LogP contribution < -0.4 is 0 Å². The standard InChI is InChI=1S/C15H28O2Si/c1-8-14(11-12(2)3)15(17-13(4)16)9-10-18(5,6)7/h9-10,12H,8,11H2,1-7H3/b10-9-,15-14-. The van der Waals surface area contributed by atoms with E-state index in [4.69, 9.17) is 4.74 Å². The maximum atomic E-state index is 11.2. The minimum Gasteiger partial charge on any atom is -0.427 e. The van der Waals surface area contributed by atoms with Gasteiger partial charge in [-0.25, -0.2) is 0 Å². The quantitative estimate of drug-likeness (QED) is 0.302. The third kappa shape index (κ3) is 8.29. The molecule has 0 saturated heterocycles. The van der Waals surface area contributed by atoms with Crippen LogP contribution in [0.2, 0.25) is 19.6 Å². The van der Waals surface area contributed by atoms with Gasteiger partial charge in [0.1, 0.15) is 5.76 Å². The highest BCUT2D eigenvalue weighted by Crippen LogP contribution is 2.21. The zero-order valence-corrected chi connectivity index (χ0v) is 14.0. The molecular weight excluding hydrogens is 240 g/mol. The molecule has 0 bridgehead atoms. The third-order valence-electron chi connectivity index (χ3n) is 2.42. The van der Waals surface area contributed by atoms with Crippen LogP contribution in [0.4, 0.5) is 0 Å². The number of allylic oxidation sites excluding steroid dienone is 2.